The summed E-state index contributed by atoms with van der Waals surface area (Å²) >= 11 is 0. The lowest BCUT2D eigenvalue weighted by atomic mass is 9.90. The highest BCUT2D eigenvalue weighted by atomic mass is 16.5. The van der Waals surface area contributed by atoms with Crippen LogP contribution in [0, 0.1) is 5.92 Å². The fourth-order valence-corrected chi connectivity index (χ4v) is 3.07. The first-order chi connectivity index (χ1) is 9.66. The van der Waals surface area contributed by atoms with E-state index in [2.05, 4.69) is 24.2 Å². The van der Waals surface area contributed by atoms with Crippen molar-refractivity contribution >= 4 is 5.91 Å². The van der Waals surface area contributed by atoms with E-state index in [1.54, 1.807) is 0 Å². The molecule has 2 heterocycles. The summed E-state index contributed by atoms with van der Waals surface area (Å²) < 4.78 is 5.27. The molecule has 2 aliphatic rings. The average Bonchev–Trinajstić information content (AvgIpc) is 2.48. The summed E-state index contributed by atoms with van der Waals surface area (Å²) in [5.41, 5.74) is 0. The minimum absolute atomic E-state index is 0.261. The maximum absolute atomic E-state index is 12.0. The van der Waals surface area contributed by atoms with Gasteiger partial charge in [0, 0.05) is 32.1 Å². The number of ether oxygens (including phenoxy) is 1. The molecule has 1 amide bonds. The molecule has 20 heavy (non-hydrogen) atoms. The number of hydrogen-bond acceptors (Lipinski definition) is 4. The zero-order valence-corrected chi connectivity index (χ0v) is 12.9. The van der Waals surface area contributed by atoms with Crippen LogP contribution in [0.25, 0.3) is 0 Å². The quantitative estimate of drug-likeness (QED) is 0.800. The van der Waals surface area contributed by atoms with Crippen molar-refractivity contribution < 1.29 is 9.53 Å². The van der Waals surface area contributed by atoms with Crippen molar-refractivity contribution in [3.63, 3.8) is 0 Å². The summed E-state index contributed by atoms with van der Waals surface area (Å²) in [5.74, 6) is 1.01. The average molecular weight is 283 g/mol. The fraction of sp³-hybridized carbons (Fsp3) is 0.933. The van der Waals surface area contributed by atoms with Crippen LogP contribution in [-0.2, 0) is 9.53 Å². The summed E-state index contributed by atoms with van der Waals surface area (Å²) in [4.78, 5) is 16.3. The van der Waals surface area contributed by atoms with E-state index < -0.39 is 0 Å². The zero-order chi connectivity index (χ0) is 14.4. The van der Waals surface area contributed by atoms with Crippen molar-refractivity contribution in [2.75, 3.05) is 53.0 Å². The standard InChI is InChI=1S/C15H29N3O2/c1-13(14-4-7-17(2)8-5-14)16-6-3-15(19)18-9-11-20-12-10-18/h13-14,16H,3-12H2,1-2H3. The Morgan fingerprint density at radius 3 is 2.55 bits per heavy atom. The van der Waals surface area contributed by atoms with E-state index in [-0.39, 0.29) is 5.91 Å². The molecule has 1 atom stereocenters. The number of amides is 1. The first-order valence-corrected chi connectivity index (χ1v) is 7.94. The lowest BCUT2D eigenvalue weighted by Crippen LogP contribution is -2.44. The van der Waals surface area contributed by atoms with Crippen LogP contribution in [0.5, 0.6) is 0 Å². The molecule has 0 aromatic carbocycles. The Balaban J connectivity index is 1.61. The normalized spacial score (nSPS) is 23.8. The Hall–Kier alpha value is -0.650. The molecule has 2 aliphatic heterocycles. The van der Waals surface area contributed by atoms with Gasteiger partial charge >= 0.3 is 0 Å². The van der Waals surface area contributed by atoms with Crippen LogP contribution in [-0.4, -0.2) is 74.7 Å². The summed E-state index contributed by atoms with van der Waals surface area (Å²) in [6.07, 6.45) is 3.14. The van der Waals surface area contributed by atoms with E-state index in [0.29, 0.717) is 25.7 Å². The van der Waals surface area contributed by atoms with Gasteiger partial charge in [-0.25, -0.2) is 0 Å². The molecule has 0 aromatic heterocycles. The Bertz CT molecular complexity index is 297. The van der Waals surface area contributed by atoms with Gasteiger partial charge in [-0.3, -0.25) is 4.79 Å². The zero-order valence-electron chi connectivity index (χ0n) is 12.9. The third kappa shape index (κ3) is 4.72. The Labute approximate surface area is 122 Å². The third-order valence-electron chi connectivity index (χ3n) is 4.64. The van der Waals surface area contributed by atoms with E-state index in [4.69, 9.17) is 4.74 Å². The summed E-state index contributed by atoms with van der Waals surface area (Å²) in [6.45, 7) is 8.33. The molecule has 0 spiro atoms. The van der Waals surface area contributed by atoms with Crippen LogP contribution < -0.4 is 5.32 Å². The highest BCUT2D eigenvalue weighted by Crippen LogP contribution is 2.19. The number of morpholine rings is 1. The van der Waals surface area contributed by atoms with Crippen molar-refractivity contribution in [2.24, 2.45) is 5.92 Å². The molecule has 0 saturated carbocycles. The van der Waals surface area contributed by atoms with Crippen molar-refractivity contribution in [3.8, 4) is 0 Å². The SMILES string of the molecule is CC(NCCC(=O)N1CCOCC1)C1CCN(C)CC1. The number of likely N-dealkylation sites (tertiary alicyclic amines) is 1. The van der Waals surface area contributed by atoms with E-state index >= 15 is 0 Å². The van der Waals surface area contributed by atoms with Gasteiger partial charge in [-0.1, -0.05) is 0 Å². The van der Waals surface area contributed by atoms with Gasteiger partial charge in [-0.15, -0.1) is 0 Å². The molecule has 0 aliphatic carbocycles. The predicted octanol–water partition coefficient (Wildman–Crippen LogP) is 0.555. The van der Waals surface area contributed by atoms with Gasteiger partial charge in [-0.05, 0) is 45.8 Å². The molecule has 2 fully saturated rings. The van der Waals surface area contributed by atoms with Gasteiger partial charge in [0.15, 0.2) is 0 Å². The number of hydrogen-bond donors (Lipinski definition) is 1. The maximum Gasteiger partial charge on any atom is 0.224 e. The van der Waals surface area contributed by atoms with Gasteiger partial charge in [0.2, 0.25) is 5.91 Å². The molecule has 2 rings (SSSR count). The van der Waals surface area contributed by atoms with Gasteiger partial charge in [0.1, 0.15) is 0 Å². The van der Waals surface area contributed by atoms with E-state index in [1.807, 2.05) is 4.90 Å². The summed E-state index contributed by atoms with van der Waals surface area (Å²) in [7, 11) is 2.19. The van der Waals surface area contributed by atoms with Gasteiger partial charge in [0.25, 0.3) is 0 Å². The van der Waals surface area contributed by atoms with Crippen molar-refractivity contribution in [1.82, 2.24) is 15.1 Å². The van der Waals surface area contributed by atoms with Crippen LogP contribution in [0.4, 0.5) is 0 Å². The van der Waals surface area contributed by atoms with Gasteiger partial charge < -0.3 is 19.9 Å². The first kappa shape index (κ1) is 15.7. The topological polar surface area (TPSA) is 44.8 Å². The Kier molecular flexibility index (Phi) is 6.26. The molecule has 0 bridgehead atoms. The third-order valence-corrected chi connectivity index (χ3v) is 4.64. The number of nitrogens with one attached hydrogen (secondary N) is 1. The predicted molar refractivity (Wildman–Crippen MR) is 79.7 cm³/mol. The Morgan fingerprint density at radius 1 is 1.25 bits per heavy atom. The second kappa shape index (κ2) is 7.96. The second-order valence-electron chi connectivity index (χ2n) is 6.13. The lowest BCUT2D eigenvalue weighted by Gasteiger charge is -2.33. The van der Waals surface area contributed by atoms with E-state index in [9.17, 15) is 4.79 Å². The number of carbonyl (C=O) groups excluding carboxylic acids is 1. The maximum atomic E-state index is 12.0. The van der Waals surface area contributed by atoms with Crippen LogP contribution in [0.1, 0.15) is 26.2 Å². The molecule has 0 aromatic rings. The molecule has 5 nitrogen and oxygen atoms in total. The smallest absolute Gasteiger partial charge is 0.224 e. The molecule has 2 saturated heterocycles. The van der Waals surface area contributed by atoms with Gasteiger partial charge in [-0.2, -0.15) is 0 Å². The molecule has 0 radical (unpaired) electrons. The number of rotatable bonds is 5. The molecule has 1 N–H and O–H groups in total. The van der Waals surface area contributed by atoms with Crippen LogP contribution in [0.15, 0.2) is 0 Å². The molecule has 116 valence electrons. The highest BCUT2D eigenvalue weighted by Gasteiger charge is 2.22. The summed E-state index contributed by atoms with van der Waals surface area (Å²) in [6, 6.07) is 0.515. The minimum atomic E-state index is 0.261. The van der Waals surface area contributed by atoms with E-state index in [1.165, 1.54) is 25.9 Å². The minimum Gasteiger partial charge on any atom is -0.378 e. The van der Waals surface area contributed by atoms with Gasteiger partial charge in [0.05, 0.1) is 13.2 Å². The molecule has 5 heteroatoms. The molecular formula is C15H29N3O2. The highest BCUT2D eigenvalue weighted by molar-refractivity contribution is 5.76. The van der Waals surface area contributed by atoms with Crippen LogP contribution in [0.3, 0.4) is 0 Å². The van der Waals surface area contributed by atoms with Crippen molar-refractivity contribution in [2.45, 2.75) is 32.2 Å². The fourth-order valence-electron chi connectivity index (χ4n) is 3.07. The van der Waals surface area contributed by atoms with E-state index in [0.717, 1.165) is 25.6 Å². The lowest BCUT2D eigenvalue weighted by molar-refractivity contribution is -0.135. The van der Waals surface area contributed by atoms with Crippen molar-refractivity contribution in [1.29, 1.82) is 0 Å². The Morgan fingerprint density at radius 2 is 1.90 bits per heavy atom. The van der Waals surface area contributed by atoms with Crippen molar-refractivity contribution in [3.05, 3.63) is 0 Å². The monoisotopic (exact) mass is 283 g/mol. The number of carbonyl (C=O) groups is 1. The molecule has 1 unspecified atom stereocenters. The molecular weight excluding hydrogens is 254 g/mol. The second-order valence-corrected chi connectivity index (χ2v) is 6.13. The first-order valence-electron chi connectivity index (χ1n) is 7.94. The summed E-state index contributed by atoms with van der Waals surface area (Å²) in [5, 5.41) is 3.54. The number of nitrogens with zero attached hydrogens (tertiary/aromatic N) is 2. The van der Waals surface area contributed by atoms with Crippen LogP contribution in [0.2, 0.25) is 0 Å². The largest absolute Gasteiger partial charge is 0.378 e. The van der Waals surface area contributed by atoms with Crippen LogP contribution >= 0.6 is 0 Å². The number of piperidine rings is 1.